The standard InChI is InChI=1S/C9H15NO4/c11-8(12)5-9(13)14-6-7-1-3-10-4-2-7/h7,10H,1-6H2,(H,11,12). The van der Waals surface area contributed by atoms with E-state index in [0.717, 1.165) is 25.9 Å². The average Bonchev–Trinajstić information content (AvgIpc) is 2.15. The Balaban J connectivity index is 2.12. The third-order valence-corrected chi connectivity index (χ3v) is 2.23. The highest BCUT2D eigenvalue weighted by Crippen LogP contribution is 2.11. The van der Waals surface area contributed by atoms with E-state index < -0.39 is 18.4 Å². The molecule has 0 amide bonds. The minimum absolute atomic E-state index is 0.355. The molecule has 1 aliphatic heterocycles. The van der Waals surface area contributed by atoms with Gasteiger partial charge in [-0.15, -0.1) is 0 Å². The highest BCUT2D eigenvalue weighted by Gasteiger charge is 2.16. The lowest BCUT2D eigenvalue weighted by molar-refractivity contribution is -0.152. The Morgan fingerprint density at radius 2 is 2.00 bits per heavy atom. The van der Waals surface area contributed by atoms with Crippen molar-refractivity contribution in [3.63, 3.8) is 0 Å². The lowest BCUT2D eigenvalue weighted by Crippen LogP contribution is -2.30. The lowest BCUT2D eigenvalue weighted by atomic mass is 9.99. The Hall–Kier alpha value is -1.10. The number of carbonyl (C=O) groups is 2. The summed E-state index contributed by atoms with van der Waals surface area (Å²) in [7, 11) is 0. The molecule has 1 rings (SSSR count). The first-order valence-corrected chi connectivity index (χ1v) is 4.76. The number of hydrogen-bond acceptors (Lipinski definition) is 4. The minimum atomic E-state index is -1.14. The molecule has 0 saturated carbocycles. The summed E-state index contributed by atoms with van der Waals surface area (Å²) in [5, 5.41) is 11.5. The number of esters is 1. The highest BCUT2D eigenvalue weighted by molar-refractivity contribution is 5.90. The first kappa shape index (κ1) is 11.0. The molecule has 0 bridgehead atoms. The summed E-state index contributed by atoms with van der Waals surface area (Å²) in [6.07, 6.45) is 1.44. The zero-order chi connectivity index (χ0) is 10.4. The largest absolute Gasteiger partial charge is 0.481 e. The van der Waals surface area contributed by atoms with Gasteiger partial charge in [0.2, 0.25) is 0 Å². The zero-order valence-electron chi connectivity index (χ0n) is 7.99. The van der Waals surface area contributed by atoms with Gasteiger partial charge in [0.15, 0.2) is 0 Å². The van der Waals surface area contributed by atoms with Crippen LogP contribution in [-0.4, -0.2) is 36.7 Å². The Bertz CT molecular complexity index is 211. The van der Waals surface area contributed by atoms with Crippen molar-refractivity contribution < 1.29 is 19.4 Å². The number of hydrogen-bond donors (Lipinski definition) is 2. The van der Waals surface area contributed by atoms with Crippen molar-refractivity contribution in [1.29, 1.82) is 0 Å². The smallest absolute Gasteiger partial charge is 0.317 e. The summed E-state index contributed by atoms with van der Waals surface area (Å²) in [6, 6.07) is 0. The SMILES string of the molecule is O=C(O)CC(=O)OCC1CCNCC1. The monoisotopic (exact) mass is 201 g/mol. The van der Waals surface area contributed by atoms with Crippen molar-refractivity contribution in [3.05, 3.63) is 0 Å². The average molecular weight is 201 g/mol. The van der Waals surface area contributed by atoms with Crippen molar-refractivity contribution in [3.8, 4) is 0 Å². The summed E-state index contributed by atoms with van der Waals surface area (Å²) in [4.78, 5) is 21.0. The van der Waals surface area contributed by atoms with Crippen LogP contribution in [0.3, 0.4) is 0 Å². The Labute approximate surface area is 82.4 Å². The quantitative estimate of drug-likeness (QED) is 0.494. The van der Waals surface area contributed by atoms with Crippen molar-refractivity contribution in [1.82, 2.24) is 5.32 Å². The third kappa shape index (κ3) is 4.23. The van der Waals surface area contributed by atoms with Gasteiger partial charge >= 0.3 is 11.9 Å². The third-order valence-electron chi connectivity index (χ3n) is 2.23. The number of carbonyl (C=O) groups excluding carboxylic acids is 1. The van der Waals surface area contributed by atoms with Crippen molar-refractivity contribution in [2.75, 3.05) is 19.7 Å². The van der Waals surface area contributed by atoms with Crippen LogP contribution in [0.2, 0.25) is 0 Å². The molecule has 0 atom stereocenters. The summed E-state index contributed by atoms with van der Waals surface area (Å²) in [6.45, 7) is 2.25. The second kappa shape index (κ2) is 5.59. The molecule has 80 valence electrons. The number of carboxylic acid groups (broad SMARTS) is 1. The van der Waals surface area contributed by atoms with Crippen LogP contribution < -0.4 is 5.32 Å². The summed E-state index contributed by atoms with van der Waals surface area (Å²) in [5.41, 5.74) is 0. The Kier molecular flexibility index (Phi) is 4.39. The molecule has 1 saturated heterocycles. The van der Waals surface area contributed by atoms with Crippen LogP contribution in [0.1, 0.15) is 19.3 Å². The van der Waals surface area contributed by atoms with E-state index in [-0.39, 0.29) is 0 Å². The molecule has 0 aliphatic carbocycles. The fourth-order valence-electron chi connectivity index (χ4n) is 1.43. The normalized spacial score (nSPS) is 17.7. The predicted octanol–water partition coefficient (Wildman–Crippen LogP) is 0.00390. The van der Waals surface area contributed by atoms with Crippen LogP contribution in [0.4, 0.5) is 0 Å². The van der Waals surface area contributed by atoms with Crippen LogP contribution >= 0.6 is 0 Å². The van der Waals surface area contributed by atoms with Gasteiger partial charge in [-0.3, -0.25) is 9.59 Å². The summed E-state index contributed by atoms with van der Waals surface area (Å²) >= 11 is 0. The van der Waals surface area contributed by atoms with E-state index in [1.54, 1.807) is 0 Å². The van der Waals surface area contributed by atoms with Crippen molar-refractivity contribution >= 4 is 11.9 Å². The number of nitrogens with one attached hydrogen (secondary N) is 1. The van der Waals surface area contributed by atoms with Gasteiger partial charge in [-0.1, -0.05) is 0 Å². The van der Waals surface area contributed by atoms with Gasteiger partial charge in [-0.25, -0.2) is 0 Å². The number of carboxylic acids is 1. The van der Waals surface area contributed by atoms with Gasteiger partial charge < -0.3 is 15.2 Å². The van der Waals surface area contributed by atoms with Crippen LogP contribution in [0.5, 0.6) is 0 Å². The van der Waals surface area contributed by atoms with Crippen molar-refractivity contribution in [2.24, 2.45) is 5.92 Å². The molecule has 0 aromatic rings. The summed E-state index contributed by atoms with van der Waals surface area (Å²) in [5.74, 6) is -1.40. The van der Waals surface area contributed by atoms with Gasteiger partial charge in [0, 0.05) is 0 Å². The minimum Gasteiger partial charge on any atom is -0.481 e. The predicted molar refractivity (Wildman–Crippen MR) is 48.8 cm³/mol. The Morgan fingerprint density at radius 1 is 1.36 bits per heavy atom. The molecule has 5 heteroatoms. The molecule has 1 heterocycles. The molecule has 2 N–H and O–H groups in total. The fraction of sp³-hybridized carbons (Fsp3) is 0.778. The summed E-state index contributed by atoms with van der Waals surface area (Å²) < 4.78 is 4.84. The molecule has 0 spiro atoms. The second-order valence-electron chi connectivity index (χ2n) is 3.45. The van der Waals surface area contributed by atoms with E-state index in [4.69, 9.17) is 9.84 Å². The van der Waals surface area contributed by atoms with Gasteiger partial charge in [0.1, 0.15) is 6.42 Å². The molecule has 1 aliphatic rings. The lowest BCUT2D eigenvalue weighted by Gasteiger charge is -2.21. The van der Waals surface area contributed by atoms with Crippen LogP contribution in [0.15, 0.2) is 0 Å². The molecule has 14 heavy (non-hydrogen) atoms. The van der Waals surface area contributed by atoms with Gasteiger partial charge in [0.25, 0.3) is 0 Å². The molecule has 0 aromatic carbocycles. The van der Waals surface area contributed by atoms with Gasteiger partial charge in [-0.2, -0.15) is 0 Å². The highest BCUT2D eigenvalue weighted by atomic mass is 16.5. The topological polar surface area (TPSA) is 75.6 Å². The fourth-order valence-corrected chi connectivity index (χ4v) is 1.43. The molecule has 0 unspecified atom stereocenters. The van der Waals surface area contributed by atoms with Gasteiger partial charge in [-0.05, 0) is 31.8 Å². The van der Waals surface area contributed by atoms with E-state index in [0.29, 0.717) is 12.5 Å². The van der Waals surface area contributed by atoms with E-state index in [1.165, 1.54) is 0 Å². The zero-order valence-corrected chi connectivity index (χ0v) is 7.99. The molecule has 0 aromatic heterocycles. The molecular formula is C9H15NO4. The Morgan fingerprint density at radius 3 is 2.57 bits per heavy atom. The first-order chi connectivity index (χ1) is 6.68. The number of ether oxygens (including phenoxy) is 1. The van der Waals surface area contributed by atoms with Crippen LogP contribution in [-0.2, 0) is 14.3 Å². The van der Waals surface area contributed by atoms with E-state index >= 15 is 0 Å². The van der Waals surface area contributed by atoms with Crippen molar-refractivity contribution in [2.45, 2.75) is 19.3 Å². The van der Waals surface area contributed by atoms with Crippen LogP contribution in [0, 0.1) is 5.92 Å². The first-order valence-electron chi connectivity index (χ1n) is 4.76. The molecule has 1 fully saturated rings. The maximum Gasteiger partial charge on any atom is 0.317 e. The maximum atomic E-state index is 10.9. The second-order valence-corrected chi connectivity index (χ2v) is 3.45. The number of aliphatic carboxylic acids is 1. The van der Waals surface area contributed by atoms with E-state index in [2.05, 4.69) is 5.32 Å². The number of rotatable bonds is 4. The molecule has 0 radical (unpaired) electrons. The maximum absolute atomic E-state index is 10.9. The van der Waals surface area contributed by atoms with Crippen LogP contribution in [0.25, 0.3) is 0 Å². The molecule has 5 nitrogen and oxygen atoms in total. The van der Waals surface area contributed by atoms with E-state index in [1.807, 2.05) is 0 Å². The van der Waals surface area contributed by atoms with Gasteiger partial charge in [0.05, 0.1) is 6.61 Å². The number of piperidine rings is 1. The molecular weight excluding hydrogens is 186 g/mol. The van der Waals surface area contributed by atoms with E-state index in [9.17, 15) is 9.59 Å².